The van der Waals surface area contributed by atoms with Crippen LogP contribution in [-0.2, 0) is 16.4 Å². The summed E-state index contributed by atoms with van der Waals surface area (Å²) in [5.41, 5.74) is 1.05. The van der Waals surface area contributed by atoms with Gasteiger partial charge < -0.3 is 5.11 Å². The highest BCUT2D eigenvalue weighted by Gasteiger charge is 2.22. The van der Waals surface area contributed by atoms with E-state index in [1.165, 1.54) is 0 Å². The van der Waals surface area contributed by atoms with E-state index in [1.54, 1.807) is 16.4 Å². The fraction of sp³-hybridized carbons (Fsp3) is 0.600. The molecule has 0 heterocycles. The van der Waals surface area contributed by atoms with Crippen LogP contribution < -0.4 is 0 Å². The Bertz CT molecular complexity index is 476. The van der Waals surface area contributed by atoms with Gasteiger partial charge in [-0.05, 0) is 43.4 Å². The Morgan fingerprint density at radius 2 is 1.60 bits per heavy atom. The van der Waals surface area contributed by atoms with Gasteiger partial charge in [0.15, 0.2) is 0 Å². The standard InChI is InChI=1S/C15H25NO3S/c1-3-11-16(12-4-2)20(18,19)15-9-7-14(8-10-15)6-5-13-17/h7-10,17H,3-6,11-13H2,1-2H3. The topological polar surface area (TPSA) is 57.6 Å². The number of nitrogens with zero attached hydrogens (tertiary/aromatic N) is 1. The molecule has 0 spiro atoms. The monoisotopic (exact) mass is 299 g/mol. The maximum absolute atomic E-state index is 12.5. The van der Waals surface area contributed by atoms with E-state index >= 15 is 0 Å². The Balaban J connectivity index is 2.90. The van der Waals surface area contributed by atoms with Gasteiger partial charge in [-0.1, -0.05) is 26.0 Å². The molecule has 0 bridgehead atoms. The van der Waals surface area contributed by atoms with Crippen LogP contribution in [0.4, 0.5) is 0 Å². The third-order valence-corrected chi connectivity index (χ3v) is 5.04. The largest absolute Gasteiger partial charge is 0.396 e. The second kappa shape index (κ2) is 8.39. The molecule has 0 saturated carbocycles. The lowest BCUT2D eigenvalue weighted by Crippen LogP contribution is -2.32. The minimum absolute atomic E-state index is 0.154. The molecule has 20 heavy (non-hydrogen) atoms. The lowest BCUT2D eigenvalue weighted by atomic mass is 10.1. The molecular weight excluding hydrogens is 274 g/mol. The SMILES string of the molecule is CCCN(CCC)S(=O)(=O)c1ccc(CCCO)cc1. The van der Waals surface area contributed by atoms with Crippen molar-refractivity contribution in [3.63, 3.8) is 0 Å². The summed E-state index contributed by atoms with van der Waals surface area (Å²) in [6.07, 6.45) is 3.09. The van der Waals surface area contributed by atoms with Crippen molar-refractivity contribution in [2.45, 2.75) is 44.4 Å². The Hall–Kier alpha value is -0.910. The molecule has 0 aliphatic carbocycles. The van der Waals surface area contributed by atoms with E-state index < -0.39 is 10.0 Å². The van der Waals surface area contributed by atoms with Gasteiger partial charge in [-0.3, -0.25) is 0 Å². The van der Waals surface area contributed by atoms with Crippen molar-refractivity contribution in [3.05, 3.63) is 29.8 Å². The highest BCUT2D eigenvalue weighted by atomic mass is 32.2. The van der Waals surface area contributed by atoms with Crippen LogP contribution in [0.2, 0.25) is 0 Å². The van der Waals surface area contributed by atoms with E-state index in [0.717, 1.165) is 24.8 Å². The molecule has 0 radical (unpaired) electrons. The Kier molecular flexibility index (Phi) is 7.19. The summed E-state index contributed by atoms with van der Waals surface area (Å²) in [4.78, 5) is 0.354. The van der Waals surface area contributed by atoms with E-state index in [2.05, 4.69) is 0 Å². The van der Waals surface area contributed by atoms with Crippen molar-refractivity contribution in [1.82, 2.24) is 4.31 Å². The second-order valence-corrected chi connectivity index (χ2v) is 6.81. The van der Waals surface area contributed by atoms with E-state index in [4.69, 9.17) is 5.11 Å². The fourth-order valence-electron chi connectivity index (χ4n) is 2.11. The van der Waals surface area contributed by atoms with Crippen molar-refractivity contribution < 1.29 is 13.5 Å². The van der Waals surface area contributed by atoms with Gasteiger partial charge in [0.2, 0.25) is 10.0 Å². The summed E-state index contributed by atoms with van der Waals surface area (Å²) in [5.74, 6) is 0. The molecule has 0 aliphatic rings. The molecule has 1 rings (SSSR count). The maximum Gasteiger partial charge on any atom is 0.243 e. The summed E-state index contributed by atoms with van der Waals surface area (Å²) >= 11 is 0. The quantitative estimate of drug-likeness (QED) is 0.762. The van der Waals surface area contributed by atoms with E-state index in [9.17, 15) is 8.42 Å². The summed E-state index contributed by atoms with van der Waals surface area (Å²) in [6.45, 7) is 5.23. The van der Waals surface area contributed by atoms with Gasteiger partial charge in [0.25, 0.3) is 0 Å². The molecule has 1 aromatic carbocycles. The van der Waals surface area contributed by atoms with Gasteiger partial charge in [0.1, 0.15) is 0 Å². The first-order valence-corrected chi connectivity index (χ1v) is 8.70. The van der Waals surface area contributed by atoms with Gasteiger partial charge in [-0.2, -0.15) is 4.31 Å². The number of rotatable bonds is 9. The smallest absolute Gasteiger partial charge is 0.243 e. The van der Waals surface area contributed by atoms with Crippen LogP contribution in [-0.4, -0.2) is 37.5 Å². The molecule has 1 N–H and O–H groups in total. The zero-order valence-electron chi connectivity index (χ0n) is 12.4. The summed E-state index contributed by atoms with van der Waals surface area (Å²) in [7, 11) is -3.38. The van der Waals surface area contributed by atoms with Crippen molar-refractivity contribution in [3.8, 4) is 0 Å². The summed E-state index contributed by atoms with van der Waals surface area (Å²) < 4.78 is 26.6. The number of hydrogen-bond acceptors (Lipinski definition) is 3. The zero-order chi connectivity index (χ0) is 15.0. The first-order valence-electron chi connectivity index (χ1n) is 7.26. The predicted molar refractivity (Wildman–Crippen MR) is 81.2 cm³/mol. The normalized spacial score (nSPS) is 12.0. The van der Waals surface area contributed by atoms with Crippen LogP contribution in [0.5, 0.6) is 0 Å². The number of sulfonamides is 1. The molecule has 0 saturated heterocycles. The molecule has 0 aromatic heterocycles. The van der Waals surface area contributed by atoms with Gasteiger partial charge in [-0.25, -0.2) is 8.42 Å². The lowest BCUT2D eigenvalue weighted by molar-refractivity contribution is 0.288. The molecule has 0 atom stereocenters. The molecular formula is C15H25NO3S. The first-order chi connectivity index (χ1) is 9.56. The summed E-state index contributed by atoms with van der Waals surface area (Å²) in [6, 6.07) is 7.00. The maximum atomic E-state index is 12.5. The van der Waals surface area contributed by atoms with Crippen LogP contribution in [0.25, 0.3) is 0 Å². The van der Waals surface area contributed by atoms with E-state index in [0.29, 0.717) is 24.4 Å². The van der Waals surface area contributed by atoms with E-state index in [-0.39, 0.29) is 6.61 Å². The zero-order valence-corrected chi connectivity index (χ0v) is 13.2. The number of aliphatic hydroxyl groups excluding tert-OH is 1. The second-order valence-electron chi connectivity index (χ2n) is 4.88. The minimum Gasteiger partial charge on any atom is -0.396 e. The van der Waals surface area contributed by atoms with Crippen LogP contribution in [0, 0.1) is 0 Å². The van der Waals surface area contributed by atoms with Crippen LogP contribution >= 0.6 is 0 Å². The average Bonchev–Trinajstić information content (AvgIpc) is 2.45. The molecule has 0 aliphatic heterocycles. The van der Waals surface area contributed by atoms with Crippen molar-refractivity contribution in [2.75, 3.05) is 19.7 Å². The van der Waals surface area contributed by atoms with Crippen molar-refractivity contribution in [1.29, 1.82) is 0 Å². The third kappa shape index (κ3) is 4.58. The first kappa shape index (κ1) is 17.1. The molecule has 4 nitrogen and oxygen atoms in total. The predicted octanol–water partition coefficient (Wildman–Crippen LogP) is 2.42. The molecule has 0 unspecified atom stereocenters. The highest BCUT2D eigenvalue weighted by Crippen LogP contribution is 2.17. The number of hydrogen-bond donors (Lipinski definition) is 1. The van der Waals surface area contributed by atoms with Gasteiger partial charge in [0, 0.05) is 19.7 Å². The van der Waals surface area contributed by atoms with Crippen molar-refractivity contribution >= 4 is 10.0 Å². The minimum atomic E-state index is -3.38. The van der Waals surface area contributed by atoms with E-state index in [1.807, 2.05) is 26.0 Å². The van der Waals surface area contributed by atoms with Crippen LogP contribution in [0.15, 0.2) is 29.2 Å². The Morgan fingerprint density at radius 1 is 1.05 bits per heavy atom. The van der Waals surface area contributed by atoms with Crippen LogP contribution in [0.1, 0.15) is 38.7 Å². The lowest BCUT2D eigenvalue weighted by Gasteiger charge is -2.21. The van der Waals surface area contributed by atoms with Gasteiger partial charge in [-0.15, -0.1) is 0 Å². The highest BCUT2D eigenvalue weighted by molar-refractivity contribution is 7.89. The van der Waals surface area contributed by atoms with Crippen molar-refractivity contribution in [2.24, 2.45) is 0 Å². The molecule has 1 aromatic rings. The molecule has 114 valence electrons. The third-order valence-electron chi connectivity index (χ3n) is 3.13. The molecule has 5 heteroatoms. The number of benzene rings is 1. The fourth-order valence-corrected chi connectivity index (χ4v) is 3.74. The average molecular weight is 299 g/mol. The van der Waals surface area contributed by atoms with Gasteiger partial charge in [0.05, 0.1) is 4.90 Å². The number of aryl methyl sites for hydroxylation is 1. The van der Waals surface area contributed by atoms with Crippen LogP contribution in [0.3, 0.4) is 0 Å². The molecule has 0 amide bonds. The molecule has 0 fully saturated rings. The Morgan fingerprint density at radius 3 is 2.05 bits per heavy atom. The van der Waals surface area contributed by atoms with Gasteiger partial charge >= 0.3 is 0 Å². The Labute approximate surface area is 122 Å². The summed E-state index contributed by atoms with van der Waals surface area (Å²) in [5, 5.41) is 8.80. The number of aliphatic hydroxyl groups is 1.